The summed E-state index contributed by atoms with van der Waals surface area (Å²) >= 11 is 0. The second kappa shape index (κ2) is 6.48. The van der Waals surface area contributed by atoms with E-state index in [0.29, 0.717) is 19.7 Å². The SMILES string of the molecule is COCCNS(=O)(=O)NC1CNC[C@@H]1OC. The highest BCUT2D eigenvalue weighted by atomic mass is 32.2. The lowest BCUT2D eigenvalue weighted by Crippen LogP contribution is -2.48. The van der Waals surface area contributed by atoms with Crippen molar-refractivity contribution in [3.05, 3.63) is 0 Å². The van der Waals surface area contributed by atoms with Gasteiger partial charge < -0.3 is 14.8 Å². The summed E-state index contributed by atoms with van der Waals surface area (Å²) in [6.07, 6.45) is -0.126. The minimum absolute atomic E-state index is 0.126. The summed E-state index contributed by atoms with van der Waals surface area (Å²) < 4.78 is 38.0. The Kier molecular flexibility index (Phi) is 5.59. The molecule has 1 saturated heterocycles. The van der Waals surface area contributed by atoms with E-state index in [1.54, 1.807) is 7.11 Å². The summed E-state index contributed by atoms with van der Waals surface area (Å²) in [6, 6.07) is -0.231. The summed E-state index contributed by atoms with van der Waals surface area (Å²) in [5, 5.41) is 3.06. The van der Waals surface area contributed by atoms with Gasteiger partial charge in [-0.15, -0.1) is 0 Å². The summed E-state index contributed by atoms with van der Waals surface area (Å²) in [5.74, 6) is 0. The molecule has 0 saturated carbocycles. The van der Waals surface area contributed by atoms with E-state index in [-0.39, 0.29) is 18.7 Å². The Morgan fingerprint density at radius 1 is 1.38 bits per heavy atom. The Bertz CT molecular complexity index is 296. The van der Waals surface area contributed by atoms with Crippen LogP contribution in [0.15, 0.2) is 0 Å². The zero-order valence-corrected chi connectivity index (χ0v) is 10.3. The normalized spacial score (nSPS) is 26.1. The van der Waals surface area contributed by atoms with Crippen molar-refractivity contribution in [2.45, 2.75) is 12.1 Å². The molecule has 0 aromatic heterocycles. The van der Waals surface area contributed by atoms with E-state index < -0.39 is 10.2 Å². The van der Waals surface area contributed by atoms with Gasteiger partial charge in [-0.25, -0.2) is 0 Å². The summed E-state index contributed by atoms with van der Waals surface area (Å²) in [4.78, 5) is 0. The average molecular weight is 253 g/mol. The number of nitrogens with one attached hydrogen (secondary N) is 3. The average Bonchev–Trinajstić information content (AvgIpc) is 2.64. The Morgan fingerprint density at radius 2 is 2.12 bits per heavy atom. The fourth-order valence-corrected chi connectivity index (χ4v) is 2.61. The van der Waals surface area contributed by atoms with Crippen molar-refractivity contribution in [1.82, 2.24) is 14.8 Å². The van der Waals surface area contributed by atoms with E-state index in [1.807, 2.05) is 0 Å². The highest BCUT2D eigenvalue weighted by Gasteiger charge is 2.30. The molecule has 0 bridgehead atoms. The highest BCUT2D eigenvalue weighted by Crippen LogP contribution is 2.04. The fourth-order valence-electron chi connectivity index (χ4n) is 1.54. The molecule has 0 aromatic carbocycles. The quantitative estimate of drug-likeness (QED) is 0.459. The lowest BCUT2D eigenvalue weighted by Gasteiger charge is -2.18. The lowest BCUT2D eigenvalue weighted by atomic mass is 10.2. The van der Waals surface area contributed by atoms with Crippen molar-refractivity contribution in [3.63, 3.8) is 0 Å². The zero-order chi connectivity index (χ0) is 12.0. The Hall–Kier alpha value is -0.250. The van der Waals surface area contributed by atoms with Crippen LogP contribution in [0.2, 0.25) is 0 Å². The molecule has 0 radical (unpaired) electrons. The van der Waals surface area contributed by atoms with Gasteiger partial charge in [-0.05, 0) is 0 Å². The molecule has 8 heteroatoms. The molecule has 0 aromatic rings. The molecule has 0 aliphatic carbocycles. The third-order valence-electron chi connectivity index (χ3n) is 2.37. The maximum atomic E-state index is 11.6. The van der Waals surface area contributed by atoms with Gasteiger partial charge in [0.2, 0.25) is 0 Å². The van der Waals surface area contributed by atoms with Crippen LogP contribution in [0, 0.1) is 0 Å². The van der Waals surface area contributed by atoms with E-state index in [0.717, 1.165) is 0 Å². The Balaban J connectivity index is 2.39. The third kappa shape index (κ3) is 4.32. The number of hydrogen-bond acceptors (Lipinski definition) is 5. The molecule has 1 aliphatic heterocycles. The van der Waals surface area contributed by atoms with Gasteiger partial charge in [0.05, 0.1) is 18.8 Å². The van der Waals surface area contributed by atoms with Gasteiger partial charge in [0, 0.05) is 33.9 Å². The molecule has 1 fully saturated rings. The van der Waals surface area contributed by atoms with Crippen molar-refractivity contribution >= 4 is 10.2 Å². The van der Waals surface area contributed by atoms with Crippen LogP contribution in [-0.2, 0) is 19.7 Å². The van der Waals surface area contributed by atoms with Crippen LogP contribution in [0.1, 0.15) is 0 Å². The molecule has 96 valence electrons. The summed E-state index contributed by atoms with van der Waals surface area (Å²) in [7, 11) is -0.396. The number of methoxy groups -OCH3 is 2. The first-order chi connectivity index (χ1) is 7.59. The van der Waals surface area contributed by atoms with Gasteiger partial charge in [-0.1, -0.05) is 0 Å². The molecule has 1 rings (SSSR count). The van der Waals surface area contributed by atoms with Gasteiger partial charge >= 0.3 is 0 Å². The molecule has 1 unspecified atom stereocenters. The number of rotatable bonds is 7. The monoisotopic (exact) mass is 253 g/mol. The second-order valence-electron chi connectivity index (χ2n) is 3.55. The lowest BCUT2D eigenvalue weighted by molar-refractivity contribution is 0.102. The molecule has 0 amide bonds. The summed E-state index contributed by atoms with van der Waals surface area (Å²) in [6.45, 7) is 1.83. The third-order valence-corrected chi connectivity index (χ3v) is 3.56. The zero-order valence-electron chi connectivity index (χ0n) is 9.52. The number of ether oxygens (including phenoxy) is 2. The van der Waals surface area contributed by atoms with E-state index in [2.05, 4.69) is 14.8 Å². The maximum absolute atomic E-state index is 11.6. The van der Waals surface area contributed by atoms with Gasteiger partial charge in [-0.3, -0.25) is 0 Å². The van der Waals surface area contributed by atoms with Crippen LogP contribution in [-0.4, -0.2) is 61.0 Å². The van der Waals surface area contributed by atoms with E-state index in [9.17, 15) is 8.42 Å². The van der Waals surface area contributed by atoms with Crippen LogP contribution in [0.25, 0.3) is 0 Å². The van der Waals surface area contributed by atoms with Crippen molar-refractivity contribution < 1.29 is 17.9 Å². The van der Waals surface area contributed by atoms with Gasteiger partial charge in [0.15, 0.2) is 0 Å². The molecule has 7 nitrogen and oxygen atoms in total. The Morgan fingerprint density at radius 3 is 2.75 bits per heavy atom. The predicted octanol–water partition coefficient (Wildman–Crippen LogP) is -1.96. The van der Waals surface area contributed by atoms with Gasteiger partial charge in [0.1, 0.15) is 0 Å². The van der Waals surface area contributed by atoms with Crippen LogP contribution in [0.3, 0.4) is 0 Å². The topological polar surface area (TPSA) is 88.7 Å². The fraction of sp³-hybridized carbons (Fsp3) is 1.00. The largest absolute Gasteiger partial charge is 0.383 e. The van der Waals surface area contributed by atoms with Crippen molar-refractivity contribution in [2.24, 2.45) is 0 Å². The predicted molar refractivity (Wildman–Crippen MR) is 59.4 cm³/mol. The smallest absolute Gasteiger partial charge is 0.277 e. The molecular weight excluding hydrogens is 234 g/mol. The first-order valence-corrected chi connectivity index (χ1v) is 6.56. The minimum atomic E-state index is -3.48. The first kappa shape index (κ1) is 13.8. The van der Waals surface area contributed by atoms with E-state index in [4.69, 9.17) is 9.47 Å². The molecule has 3 N–H and O–H groups in total. The molecule has 1 aliphatic rings. The van der Waals surface area contributed by atoms with Crippen molar-refractivity contribution in [3.8, 4) is 0 Å². The van der Waals surface area contributed by atoms with Crippen LogP contribution in [0.5, 0.6) is 0 Å². The molecule has 2 atom stereocenters. The standard InChI is InChI=1S/C8H19N3O4S/c1-14-4-3-10-16(12,13)11-7-5-9-6-8(7)15-2/h7-11H,3-6H2,1-2H3/t7?,8-/m0/s1. The molecule has 0 spiro atoms. The summed E-state index contributed by atoms with van der Waals surface area (Å²) in [5.41, 5.74) is 0. The molecular formula is C8H19N3O4S. The maximum Gasteiger partial charge on any atom is 0.277 e. The van der Waals surface area contributed by atoms with Crippen LogP contribution < -0.4 is 14.8 Å². The van der Waals surface area contributed by atoms with Crippen LogP contribution in [0.4, 0.5) is 0 Å². The highest BCUT2D eigenvalue weighted by molar-refractivity contribution is 7.87. The van der Waals surface area contributed by atoms with E-state index >= 15 is 0 Å². The molecule has 1 heterocycles. The van der Waals surface area contributed by atoms with Crippen molar-refractivity contribution in [1.29, 1.82) is 0 Å². The first-order valence-electron chi connectivity index (χ1n) is 5.08. The van der Waals surface area contributed by atoms with Crippen molar-refractivity contribution in [2.75, 3.05) is 40.5 Å². The van der Waals surface area contributed by atoms with Crippen LogP contribution >= 0.6 is 0 Å². The van der Waals surface area contributed by atoms with E-state index in [1.165, 1.54) is 7.11 Å². The minimum Gasteiger partial charge on any atom is -0.383 e. The van der Waals surface area contributed by atoms with Gasteiger partial charge in [-0.2, -0.15) is 17.9 Å². The molecule has 16 heavy (non-hydrogen) atoms. The van der Waals surface area contributed by atoms with Gasteiger partial charge in [0.25, 0.3) is 10.2 Å². The Labute approximate surface area is 96.1 Å². The second-order valence-corrected chi connectivity index (χ2v) is 5.08. The number of hydrogen-bond donors (Lipinski definition) is 3.